The number of rotatable bonds is 4. The van der Waals surface area contributed by atoms with Crippen LogP contribution >= 0.6 is 0 Å². The molecule has 0 spiro atoms. The van der Waals surface area contributed by atoms with E-state index in [0.717, 1.165) is 25.1 Å². The van der Waals surface area contributed by atoms with Crippen LogP contribution in [0.2, 0.25) is 0 Å². The second-order valence-electron chi connectivity index (χ2n) is 7.03. The van der Waals surface area contributed by atoms with Gasteiger partial charge in [0.1, 0.15) is 12.1 Å². The highest BCUT2D eigenvalue weighted by Crippen LogP contribution is 2.30. The highest BCUT2D eigenvalue weighted by molar-refractivity contribution is 5.93. The van der Waals surface area contributed by atoms with Crippen molar-refractivity contribution in [1.82, 2.24) is 19.7 Å². The lowest BCUT2D eigenvalue weighted by molar-refractivity contribution is -0.137. The number of alkyl halides is 3. The summed E-state index contributed by atoms with van der Waals surface area (Å²) in [5.41, 5.74) is -0.408. The Balaban J connectivity index is 1.42. The van der Waals surface area contributed by atoms with E-state index in [1.54, 1.807) is 23.1 Å². The Morgan fingerprint density at radius 1 is 1.13 bits per heavy atom. The third-order valence-corrected chi connectivity index (χ3v) is 4.97. The summed E-state index contributed by atoms with van der Waals surface area (Å²) in [4.78, 5) is 23.2. The Hall–Kier alpha value is -3.43. The Morgan fingerprint density at radius 3 is 2.60 bits per heavy atom. The van der Waals surface area contributed by atoms with Crippen LogP contribution in [0.1, 0.15) is 18.4 Å². The first-order chi connectivity index (χ1) is 14.4. The lowest BCUT2D eigenvalue weighted by atomic mass is 9.97. The van der Waals surface area contributed by atoms with Crippen LogP contribution in [0.4, 0.5) is 24.7 Å². The molecule has 1 atom stereocenters. The maximum atomic E-state index is 12.7. The minimum absolute atomic E-state index is 0.221. The summed E-state index contributed by atoms with van der Waals surface area (Å²) in [6, 6.07) is 8.05. The summed E-state index contributed by atoms with van der Waals surface area (Å²) in [6.07, 6.45) is 1.98. The number of piperidine rings is 1. The average molecular weight is 416 g/mol. The van der Waals surface area contributed by atoms with Crippen LogP contribution < -0.4 is 10.2 Å². The van der Waals surface area contributed by atoms with Gasteiger partial charge in [0.2, 0.25) is 5.91 Å². The van der Waals surface area contributed by atoms with Crippen LogP contribution in [0.15, 0.2) is 55.1 Å². The zero-order chi connectivity index (χ0) is 21.1. The van der Waals surface area contributed by atoms with E-state index in [0.29, 0.717) is 30.3 Å². The maximum Gasteiger partial charge on any atom is 0.416 e. The first kappa shape index (κ1) is 19.9. The lowest BCUT2D eigenvalue weighted by Gasteiger charge is -2.32. The summed E-state index contributed by atoms with van der Waals surface area (Å²) in [5, 5.41) is 6.87. The molecule has 1 aliphatic rings. The van der Waals surface area contributed by atoms with Crippen molar-refractivity contribution >= 4 is 17.4 Å². The van der Waals surface area contributed by atoms with Gasteiger partial charge in [0, 0.05) is 37.2 Å². The predicted molar refractivity (Wildman–Crippen MR) is 104 cm³/mol. The number of carbonyl (C=O) groups excluding carboxylic acids is 1. The van der Waals surface area contributed by atoms with Crippen molar-refractivity contribution in [3.63, 3.8) is 0 Å². The second-order valence-corrected chi connectivity index (χ2v) is 7.03. The summed E-state index contributed by atoms with van der Waals surface area (Å²) in [7, 11) is 0. The molecule has 0 aliphatic carbocycles. The molecule has 1 aromatic carbocycles. The van der Waals surface area contributed by atoms with Crippen molar-refractivity contribution in [2.24, 2.45) is 5.92 Å². The fourth-order valence-corrected chi connectivity index (χ4v) is 3.43. The topological polar surface area (TPSA) is 75.9 Å². The molecule has 1 amide bonds. The van der Waals surface area contributed by atoms with Gasteiger partial charge < -0.3 is 10.2 Å². The highest BCUT2D eigenvalue weighted by Gasteiger charge is 2.30. The molecule has 1 saturated heterocycles. The molecule has 3 heterocycles. The number of anilines is 2. The van der Waals surface area contributed by atoms with Crippen molar-refractivity contribution in [2.75, 3.05) is 23.3 Å². The fraction of sp³-hybridized carbons (Fsp3) is 0.300. The molecule has 30 heavy (non-hydrogen) atoms. The zero-order valence-electron chi connectivity index (χ0n) is 15.9. The van der Waals surface area contributed by atoms with E-state index in [9.17, 15) is 18.0 Å². The van der Waals surface area contributed by atoms with Crippen LogP contribution in [-0.2, 0) is 11.0 Å². The molecule has 1 aliphatic heterocycles. The molecule has 1 fully saturated rings. The van der Waals surface area contributed by atoms with E-state index in [1.807, 2.05) is 11.0 Å². The summed E-state index contributed by atoms with van der Waals surface area (Å²) >= 11 is 0. The third kappa shape index (κ3) is 4.42. The summed E-state index contributed by atoms with van der Waals surface area (Å²) in [5.74, 6) is 0.800. The van der Waals surface area contributed by atoms with E-state index in [4.69, 9.17) is 0 Å². The normalized spacial score (nSPS) is 17.0. The average Bonchev–Trinajstić information content (AvgIpc) is 3.29. The van der Waals surface area contributed by atoms with Crippen molar-refractivity contribution in [3.8, 4) is 5.82 Å². The third-order valence-electron chi connectivity index (χ3n) is 4.97. The Bertz CT molecular complexity index is 1000. The van der Waals surface area contributed by atoms with E-state index in [-0.39, 0.29) is 11.8 Å². The van der Waals surface area contributed by atoms with Crippen LogP contribution in [0.3, 0.4) is 0 Å². The fourth-order valence-electron chi connectivity index (χ4n) is 3.43. The van der Waals surface area contributed by atoms with Gasteiger partial charge in [-0.3, -0.25) is 4.79 Å². The molecule has 4 rings (SSSR count). The number of halogens is 3. The van der Waals surface area contributed by atoms with Gasteiger partial charge in [0.05, 0.1) is 11.5 Å². The number of hydrogen-bond acceptors (Lipinski definition) is 5. The largest absolute Gasteiger partial charge is 0.416 e. The monoisotopic (exact) mass is 416 g/mol. The van der Waals surface area contributed by atoms with Gasteiger partial charge >= 0.3 is 6.18 Å². The van der Waals surface area contributed by atoms with Crippen molar-refractivity contribution < 1.29 is 18.0 Å². The molecule has 0 bridgehead atoms. The number of amides is 1. The molecular weight excluding hydrogens is 397 g/mol. The number of nitrogens with one attached hydrogen (secondary N) is 1. The second kappa shape index (κ2) is 8.13. The van der Waals surface area contributed by atoms with Crippen LogP contribution in [0, 0.1) is 5.92 Å². The minimum atomic E-state index is -4.40. The molecule has 0 radical (unpaired) electrons. The number of aromatic nitrogens is 4. The first-order valence-corrected chi connectivity index (χ1v) is 9.45. The molecular formula is C20H19F3N6O. The molecule has 156 valence electrons. The van der Waals surface area contributed by atoms with Gasteiger partial charge in [-0.1, -0.05) is 0 Å². The van der Waals surface area contributed by atoms with Crippen LogP contribution in [0.25, 0.3) is 5.82 Å². The molecule has 2 aromatic heterocycles. The van der Waals surface area contributed by atoms with Crippen LogP contribution in [0.5, 0.6) is 0 Å². The van der Waals surface area contributed by atoms with Crippen molar-refractivity contribution in [3.05, 3.63) is 60.7 Å². The molecule has 0 saturated carbocycles. The standard InChI is InChI=1S/C20H19F3N6O/c21-20(22,23)15-4-6-16(7-5-15)27-19(30)14-3-1-9-28(12-14)17-11-18(25-13-24-17)29-10-2-8-26-29/h2,4-8,10-11,13-14H,1,3,9,12H2,(H,27,30). The van der Waals surface area contributed by atoms with Gasteiger partial charge in [-0.2, -0.15) is 18.3 Å². The molecule has 1 N–H and O–H groups in total. The van der Waals surface area contributed by atoms with Gasteiger partial charge in [0.25, 0.3) is 0 Å². The molecule has 10 heteroatoms. The maximum absolute atomic E-state index is 12.7. The SMILES string of the molecule is O=C(Nc1ccc(C(F)(F)F)cc1)C1CCCN(c2cc(-n3cccn3)ncn2)C1. The van der Waals surface area contributed by atoms with E-state index in [1.165, 1.54) is 18.5 Å². The first-order valence-electron chi connectivity index (χ1n) is 9.45. The molecule has 7 nitrogen and oxygen atoms in total. The van der Waals surface area contributed by atoms with Gasteiger partial charge in [-0.15, -0.1) is 0 Å². The highest BCUT2D eigenvalue weighted by atomic mass is 19.4. The Labute approximate surface area is 170 Å². The lowest BCUT2D eigenvalue weighted by Crippen LogP contribution is -2.41. The quantitative estimate of drug-likeness (QED) is 0.704. The number of carbonyl (C=O) groups is 1. The minimum Gasteiger partial charge on any atom is -0.356 e. The Morgan fingerprint density at radius 2 is 1.90 bits per heavy atom. The Kier molecular flexibility index (Phi) is 5.39. The smallest absolute Gasteiger partial charge is 0.356 e. The van der Waals surface area contributed by atoms with E-state index >= 15 is 0 Å². The van der Waals surface area contributed by atoms with E-state index in [2.05, 4.69) is 20.4 Å². The number of nitrogens with zero attached hydrogens (tertiary/aromatic N) is 5. The van der Waals surface area contributed by atoms with Gasteiger partial charge in [-0.05, 0) is 43.2 Å². The summed E-state index contributed by atoms with van der Waals surface area (Å²) < 4.78 is 39.7. The van der Waals surface area contributed by atoms with Crippen LogP contribution in [-0.4, -0.2) is 38.7 Å². The van der Waals surface area contributed by atoms with Gasteiger partial charge in [0.15, 0.2) is 5.82 Å². The number of hydrogen-bond donors (Lipinski definition) is 1. The predicted octanol–water partition coefficient (Wildman–Crippen LogP) is 3.54. The number of benzene rings is 1. The molecule has 1 unspecified atom stereocenters. The summed E-state index contributed by atoms with van der Waals surface area (Å²) in [6.45, 7) is 1.21. The van der Waals surface area contributed by atoms with Crippen molar-refractivity contribution in [2.45, 2.75) is 19.0 Å². The zero-order valence-corrected chi connectivity index (χ0v) is 15.9. The van der Waals surface area contributed by atoms with Crippen molar-refractivity contribution in [1.29, 1.82) is 0 Å². The van der Waals surface area contributed by atoms with E-state index < -0.39 is 11.7 Å². The molecule has 3 aromatic rings. The van der Waals surface area contributed by atoms with Gasteiger partial charge in [-0.25, -0.2) is 14.6 Å².